The number of carbonyl (C=O) groups excluding carboxylic acids is 2. The van der Waals surface area contributed by atoms with Crippen molar-refractivity contribution in [1.29, 1.82) is 0 Å². The molecule has 7 nitrogen and oxygen atoms in total. The van der Waals surface area contributed by atoms with Crippen LogP contribution in [0, 0.1) is 6.92 Å². The molecule has 1 aromatic heterocycles. The second-order valence-electron chi connectivity index (χ2n) is 6.05. The number of para-hydroxylation sites is 1. The van der Waals surface area contributed by atoms with E-state index >= 15 is 0 Å². The number of aromatic nitrogens is 2. The first-order valence-electron chi connectivity index (χ1n) is 8.34. The topological polar surface area (TPSA) is 107 Å². The summed E-state index contributed by atoms with van der Waals surface area (Å²) < 4.78 is 1.43. The summed E-state index contributed by atoms with van der Waals surface area (Å²) in [5.74, 6) is -0.575. The Kier molecular flexibility index (Phi) is 5.71. The Hall–Kier alpha value is -2.84. The summed E-state index contributed by atoms with van der Waals surface area (Å²) in [4.78, 5) is 40.9. The molecule has 3 N–H and O–H groups in total. The molecule has 0 radical (unpaired) electrons. The highest BCUT2D eigenvalue weighted by molar-refractivity contribution is 8.00. The molecule has 0 saturated carbocycles. The largest absolute Gasteiger partial charge is 0.351 e. The highest BCUT2D eigenvalue weighted by atomic mass is 35.5. The van der Waals surface area contributed by atoms with Gasteiger partial charge in [-0.3, -0.25) is 19.5 Å². The van der Waals surface area contributed by atoms with Crippen LogP contribution in [0.25, 0.3) is 16.6 Å². The van der Waals surface area contributed by atoms with Gasteiger partial charge in [0.15, 0.2) is 5.16 Å². The summed E-state index contributed by atoms with van der Waals surface area (Å²) in [6.07, 6.45) is 0. The first-order valence-corrected chi connectivity index (χ1v) is 9.59. The lowest BCUT2D eigenvalue weighted by atomic mass is 10.2. The molecule has 0 fully saturated rings. The SMILES string of the molecule is Cc1c(Cl)cccc1-n1c(S[C@@H](C)C(=O)NC(N)=O)nc2ccccc2c1=O. The lowest BCUT2D eigenvalue weighted by molar-refractivity contribution is -0.119. The highest BCUT2D eigenvalue weighted by Crippen LogP contribution is 2.28. The summed E-state index contributed by atoms with van der Waals surface area (Å²) in [5.41, 5.74) is 6.52. The zero-order chi connectivity index (χ0) is 20.4. The Bertz CT molecular complexity index is 1150. The van der Waals surface area contributed by atoms with E-state index in [4.69, 9.17) is 17.3 Å². The van der Waals surface area contributed by atoms with E-state index in [-0.39, 0.29) is 5.56 Å². The molecule has 2 aromatic carbocycles. The van der Waals surface area contributed by atoms with E-state index in [0.29, 0.717) is 32.3 Å². The van der Waals surface area contributed by atoms with E-state index in [9.17, 15) is 14.4 Å². The predicted octanol–water partition coefficient (Wildman–Crippen LogP) is 3.02. The van der Waals surface area contributed by atoms with Crippen LogP contribution in [0.5, 0.6) is 0 Å². The summed E-state index contributed by atoms with van der Waals surface area (Å²) in [6.45, 7) is 3.40. The maximum Gasteiger partial charge on any atom is 0.318 e. The summed E-state index contributed by atoms with van der Waals surface area (Å²) >= 11 is 7.29. The Morgan fingerprint density at radius 3 is 2.64 bits per heavy atom. The summed E-state index contributed by atoms with van der Waals surface area (Å²) in [7, 11) is 0. The Morgan fingerprint density at radius 2 is 1.93 bits per heavy atom. The van der Waals surface area contributed by atoms with Gasteiger partial charge in [0.2, 0.25) is 5.91 Å². The molecule has 3 rings (SSSR count). The lowest BCUT2D eigenvalue weighted by Crippen LogP contribution is -2.39. The van der Waals surface area contributed by atoms with Crippen molar-refractivity contribution in [2.75, 3.05) is 0 Å². The summed E-state index contributed by atoms with van der Waals surface area (Å²) in [6, 6.07) is 11.3. The van der Waals surface area contributed by atoms with Crippen molar-refractivity contribution < 1.29 is 9.59 Å². The van der Waals surface area contributed by atoms with Crippen LogP contribution in [0.3, 0.4) is 0 Å². The minimum Gasteiger partial charge on any atom is -0.351 e. The zero-order valence-corrected chi connectivity index (χ0v) is 16.7. The molecule has 0 saturated heterocycles. The molecule has 1 atom stereocenters. The van der Waals surface area contributed by atoms with Gasteiger partial charge in [-0.1, -0.05) is 41.6 Å². The van der Waals surface area contributed by atoms with Crippen molar-refractivity contribution in [3.05, 3.63) is 63.4 Å². The van der Waals surface area contributed by atoms with Gasteiger partial charge in [-0.15, -0.1) is 0 Å². The normalized spacial score (nSPS) is 12.0. The van der Waals surface area contributed by atoms with Gasteiger partial charge in [-0.05, 0) is 43.7 Å². The number of urea groups is 1. The Balaban J connectivity index is 2.20. The number of primary amides is 1. The van der Waals surface area contributed by atoms with Crippen LogP contribution < -0.4 is 16.6 Å². The number of nitrogens with zero attached hydrogens (tertiary/aromatic N) is 2. The molecular formula is C19H17ClN4O3S. The summed E-state index contributed by atoms with van der Waals surface area (Å²) in [5, 5.41) is 2.58. The van der Waals surface area contributed by atoms with Gasteiger partial charge in [0.25, 0.3) is 5.56 Å². The standard InChI is InChI=1S/C19H17ClN4O3S/c1-10-13(20)7-5-9-15(10)24-17(26)12-6-3-4-8-14(12)22-19(24)28-11(2)16(25)23-18(21)27/h3-9,11H,1-2H3,(H3,21,23,25,27)/t11-/m0/s1. The number of nitrogens with two attached hydrogens (primary N) is 1. The minimum absolute atomic E-state index is 0.277. The number of rotatable bonds is 4. The van der Waals surface area contributed by atoms with Crippen LogP contribution >= 0.6 is 23.4 Å². The van der Waals surface area contributed by atoms with Gasteiger partial charge in [-0.25, -0.2) is 9.78 Å². The van der Waals surface area contributed by atoms with Crippen molar-refractivity contribution in [1.82, 2.24) is 14.9 Å². The third kappa shape index (κ3) is 3.88. The van der Waals surface area contributed by atoms with Crippen molar-refractivity contribution in [2.45, 2.75) is 24.3 Å². The van der Waals surface area contributed by atoms with Crippen molar-refractivity contribution in [3.63, 3.8) is 0 Å². The van der Waals surface area contributed by atoms with Crippen LogP contribution in [0.4, 0.5) is 4.79 Å². The maximum absolute atomic E-state index is 13.2. The van der Waals surface area contributed by atoms with E-state index in [0.717, 1.165) is 11.8 Å². The molecule has 0 aliphatic heterocycles. The molecule has 0 aliphatic carbocycles. The number of benzene rings is 2. The van der Waals surface area contributed by atoms with Gasteiger partial charge in [0, 0.05) is 5.02 Å². The molecule has 0 unspecified atom stereocenters. The Morgan fingerprint density at radius 1 is 1.21 bits per heavy atom. The number of thioether (sulfide) groups is 1. The second kappa shape index (κ2) is 8.04. The van der Waals surface area contributed by atoms with Gasteiger partial charge < -0.3 is 5.73 Å². The van der Waals surface area contributed by atoms with Gasteiger partial charge in [0.05, 0.1) is 21.8 Å². The number of hydrogen-bond donors (Lipinski definition) is 2. The monoisotopic (exact) mass is 416 g/mol. The molecule has 28 heavy (non-hydrogen) atoms. The smallest absolute Gasteiger partial charge is 0.318 e. The molecular weight excluding hydrogens is 400 g/mol. The van der Waals surface area contributed by atoms with E-state index in [2.05, 4.69) is 4.98 Å². The number of imide groups is 1. The fraction of sp³-hybridized carbons (Fsp3) is 0.158. The van der Waals surface area contributed by atoms with Crippen LogP contribution in [0.1, 0.15) is 12.5 Å². The van der Waals surface area contributed by atoms with E-state index in [1.807, 2.05) is 5.32 Å². The van der Waals surface area contributed by atoms with Crippen LogP contribution in [0.2, 0.25) is 5.02 Å². The van der Waals surface area contributed by atoms with E-state index in [1.165, 1.54) is 4.57 Å². The third-order valence-electron chi connectivity index (χ3n) is 4.12. The maximum atomic E-state index is 13.2. The molecule has 1 heterocycles. The number of halogens is 1. The van der Waals surface area contributed by atoms with E-state index < -0.39 is 17.2 Å². The quantitative estimate of drug-likeness (QED) is 0.502. The molecule has 0 bridgehead atoms. The van der Waals surface area contributed by atoms with Crippen molar-refractivity contribution >= 4 is 46.2 Å². The molecule has 3 aromatic rings. The van der Waals surface area contributed by atoms with Crippen molar-refractivity contribution in [2.24, 2.45) is 5.73 Å². The second-order valence-corrected chi connectivity index (χ2v) is 7.76. The number of carbonyl (C=O) groups is 2. The van der Waals surface area contributed by atoms with Gasteiger partial charge in [0.1, 0.15) is 0 Å². The molecule has 144 valence electrons. The molecule has 0 aliphatic rings. The minimum atomic E-state index is -0.938. The van der Waals surface area contributed by atoms with Gasteiger partial charge >= 0.3 is 6.03 Å². The molecule has 0 spiro atoms. The average Bonchev–Trinajstić information content (AvgIpc) is 2.64. The zero-order valence-electron chi connectivity index (χ0n) is 15.1. The van der Waals surface area contributed by atoms with Crippen LogP contribution in [0.15, 0.2) is 52.4 Å². The fourth-order valence-electron chi connectivity index (χ4n) is 2.68. The number of nitrogens with one attached hydrogen (secondary N) is 1. The Labute approximate surface area is 169 Å². The first kappa shape index (κ1) is 19.9. The number of amides is 3. The molecule has 9 heteroatoms. The van der Waals surface area contributed by atoms with E-state index in [1.54, 1.807) is 56.3 Å². The van der Waals surface area contributed by atoms with Crippen molar-refractivity contribution in [3.8, 4) is 5.69 Å². The third-order valence-corrected chi connectivity index (χ3v) is 5.58. The average molecular weight is 417 g/mol. The lowest BCUT2D eigenvalue weighted by Gasteiger charge is -2.17. The number of fused-ring (bicyclic) bond motifs is 1. The highest BCUT2D eigenvalue weighted by Gasteiger charge is 2.22. The fourth-order valence-corrected chi connectivity index (χ4v) is 3.77. The molecule has 3 amide bonds. The number of hydrogen-bond acceptors (Lipinski definition) is 5. The first-order chi connectivity index (χ1) is 13.3. The van der Waals surface area contributed by atoms with Gasteiger partial charge in [-0.2, -0.15) is 0 Å². The van der Waals surface area contributed by atoms with Crippen LogP contribution in [-0.2, 0) is 4.79 Å². The predicted molar refractivity (Wildman–Crippen MR) is 110 cm³/mol. The van der Waals surface area contributed by atoms with Crippen LogP contribution in [-0.4, -0.2) is 26.7 Å².